The van der Waals surface area contributed by atoms with Gasteiger partial charge in [0.1, 0.15) is 0 Å². The molecule has 1 aliphatic carbocycles. The predicted molar refractivity (Wildman–Crippen MR) is 68.4 cm³/mol. The van der Waals surface area contributed by atoms with Crippen LogP contribution in [0.5, 0.6) is 0 Å². The zero-order chi connectivity index (χ0) is 13.3. The Bertz CT molecular complexity index is 511. The van der Waals surface area contributed by atoms with Crippen LogP contribution in [0.3, 0.4) is 0 Å². The highest BCUT2D eigenvalue weighted by atomic mass is 32.2. The minimum atomic E-state index is -3.53. The van der Waals surface area contributed by atoms with Gasteiger partial charge in [-0.05, 0) is 12.8 Å². The Labute approximate surface area is 108 Å². The lowest BCUT2D eigenvalue weighted by atomic mass is 9.91. The van der Waals surface area contributed by atoms with E-state index >= 15 is 0 Å². The summed E-state index contributed by atoms with van der Waals surface area (Å²) >= 11 is 0. The fourth-order valence-corrected chi connectivity index (χ4v) is 3.83. The van der Waals surface area contributed by atoms with Crippen LogP contribution in [0, 0.1) is 0 Å². The number of hydrogen-bond acceptors (Lipinski definition) is 4. The average Bonchev–Trinajstić information content (AvgIpc) is 2.76. The number of likely N-dealkylation sites (N-methyl/N-ethyl adjacent to an activating group) is 1. The van der Waals surface area contributed by atoms with Crippen molar-refractivity contribution in [3.63, 3.8) is 0 Å². The number of hydrogen-bond donors (Lipinski definition) is 1. The van der Waals surface area contributed by atoms with Crippen molar-refractivity contribution < 1.29 is 8.42 Å². The van der Waals surface area contributed by atoms with Gasteiger partial charge in [0.2, 0.25) is 0 Å². The quantitative estimate of drug-likeness (QED) is 0.858. The van der Waals surface area contributed by atoms with E-state index in [-0.39, 0.29) is 17.1 Å². The minimum Gasteiger partial charge on any atom is -0.339 e. The molecule has 1 heterocycles. The van der Waals surface area contributed by atoms with E-state index in [2.05, 4.69) is 4.98 Å². The summed E-state index contributed by atoms with van der Waals surface area (Å²) in [6.07, 6.45) is 6.81. The Hall–Kier alpha value is -0.920. The van der Waals surface area contributed by atoms with Crippen molar-refractivity contribution in [3.8, 4) is 0 Å². The third-order valence-electron chi connectivity index (χ3n) is 3.57. The van der Waals surface area contributed by atoms with E-state index in [1.165, 1.54) is 16.8 Å². The monoisotopic (exact) mass is 272 g/mol. The number of aryl methyl sites for hydroxylation is 1. The first-order valence-corrected chi connectivity index (χ1v) is 7.58. The molecule has 2 N–H and O–H groups in total. The lowest BCUT2D eigenvalue weighted by molar-refractivity contribution is 0.252. The molecular weight excluding hydrogens is 252 g/mol. The van der Waals surface area contributed by atoms with Gasteiger partial charge in [0.05, 0.1) is 6.33 Å². The molecule has 0 spiro atoms. The van der Waals surface area contributed by atoms with E-state index in [0.717, 1.165) is 25.7 Å². The summed E-state index contributed by atoms with van der Waals surface area (Å²) in [5.74, 6) is 0. The third kappa shape index (κ3) is 2.43. The molecule has 2 rings (SSSR count). The number of imidazole rings is 1. The summed E-state index contributed by atoms with van der Waals surface area (Å²) in [5.41, 5.74) is 6.03. The molecule has 2 atom stereocenters. The Morgan fingerprint density at radius 1 is 1.44 bits per heavy atom. The van der Waals surface area contributed by atoms with Crippen molar-refractivity contribution in [2.45, 2.75) is 42.8 Å². The highest BCUT2D eigenvalue weighted by Gasteiger charge is 2.34. The number of nitrogens with two attached hydrogens (primary N) is 1. The molecular formula is C11H20N4O2S. The molecule has 2 unspecified atom stereocenters. The molecule has 18 heavy (non-hydrogen) atoms. The van der Waals surface area contributed by atoms with Crippen LogP contribution >= 0.6 is 0 Å². The average molecular weight is 272 g/mol. The summed E-state index contributed by atoms with van der Waals surface area (Å²) in [6, 6.07) is -0.201. The summed E-state index contributed by atoms with van der Waals surface area (Å²) in [4.78, 5) is 3.92. The second-order valence-corrected chi connectivity index (χ2v) is 6.86. The molecule has 0 aromatic carbocycles. The van der Waals surface area contributed by atoms with Crippen molar-refractivity contribution in [2.75, 3.05) is 7.05 Å². The highest BCUT2D eigenvalue weighted by Crippen LogP contribution is 2.25. The molecule has 0 amide bonds. The van der Waals surface area contributed by atoms with Gasteiger partial charge in [-0.1, -0.05) is 12.8 Å². The van der Waals surface area contributed by atoms with Crippen molar-refractivity contribution in [1.29, 1.82) is 0 Å². The normalized spacial score (nSPS) is 25.6. The Morgan fingerprint density at radius 2 is 2.11 bits per heavy atom. The van der Waals surface area contributed by atoms with E-state index < -0.39 is 10.0 Å². The first kappa shape index (κ1) is 13.5. The third-order valence-corrected chi connectivity index (χ3v) is 5.34. The van der Waals surface area contributed by atoms with Crippen molar-refractivity contribution >= 4 is 10.0 Å². The standard InChI is InChI=1S/C11H20N4O2S/c1-14-7-11(13-8-14)18(16,17)15(2)10-6-4-3-5-9(10)12/h7-10H,3-6,12H2,1-2H3. The van der Waals surface area contributed by atoms with Gasteiger partial charge in [-0.25, -0.2) is 13.4 Å². The molecule has 102 valence electrons. The molecule has 1 aromatic heterocycles. The summed E-state index contributed by atoms with van der Waals surface area (Å²) < 4.78 is 27.8. The highest BCUT2D eigenvalue weighted by molar-refractivity contribution is 7.89. The topological polar surface area (TPSA) is 81.2 Å². The lowest BCUT2D eigenvalue weighted by Gasteiger charge is -2.34. The van der Waals surface area contributed by atoms with Gasteiger partial charge in [-0.15, -0.1) is 0 Å². The van der Waals surface area contributed by atoms with Crippen LogP contribution in [0.4, 0.5) is 0 Å². The SMILES string of the molecule is CN(C1CCCCC1N)S(=O)(=O)c1cn(C)cn1. The van der Waals surface area contributed by atoms with Crippen LogP contribution in [0.25, 0.3) is 0 Å². The first-order chi connectivity index (χ1) is 8.43. The Balaban J connectivity index is 2.24. The van der Waals surface area contributed by atoms with Crippen LogP contribution in [0.1, 0.15) is 25.7 Å². The fraction of sp³-hybridized carbons (Fsp3) is 0.727. The smallest absolute Gasteiger partial charge is 0.262 e. The predicted octanol–water partition coefficient (Wildman–Crippen LogP) is 0.311. The summed E-state index contributed by atoms with van der Waals surface area (Å²) in [7, 11) is -0.184. The van der Waals surface area contributed by atoms with Gasteiger partial charge < -0.3 is 10.3 Å². The molecule has 7 heteroatoms. The zero-order valence-electron chi connectivity index (χ0n) is 10.8. The van der Waals surface area contributed by atoms with Crippen molar-refractivity contribution in [3.05, 3.63) is 12.5 Å². The maximum absolute atomic E-state index is 12.4. The Morgan fingerprint density at radius 3 is 2.67 bits per heavy atom. The molecule has 1 aliphatic rings. The number of sulfonamides is 1. The second kappa shape index (κ2) is 4.99. The van der Waals surface area contributed by atoms with Crippen molar-refractivity contribution in [1.82, 2.24) is 13.9 Å². The number of aromatic nitrogens is 2. The molecule has 1 fully saturated rings. The van der Waals surface area contributed by atoms with Crippen LogP contribution in [-0.4, -0.2) is 41.4 Å². The molecule has 0 radical (unpaired) electrons. The van der Waals surface area contributed by atoms with Crippen LogP contribution < -0.4 is 5.73 Å². The van der Waals surface area contributed by atoms with Crippen LogP contribution in [0.15, 0.2) is 17.6 Å². The van der Waals surface area contributed by atoms with E-state index in [1.54, 1.807) is 18.7 Å². The van der Waals surface area contributed by atoms with Gasteiger partial charge in [0.25, 0.3) is 10.0 Å². The summed E-state index contributed by atoms with van der Waals surface area (Å²) in [5, 5.41) is 0.0882. The summed E-state index contributed by atoms with van der Waals surface area (Å²) in [6.45, 7) is 0. The van der Waals surface area contributed by atoms with Crippen LogP contribution in [-0.2, 0) is 17.1 Å². The minimum absolute atomic E-state index is 0.0813. The second-order valence-electron chi connectivity index (χ2n) is 4.91. The first-order valence-electron chi connectivity index (χ1n) is 6.14. The Kier molecular flexibility index (Phi) is 3.74. The number of nitrogens with zero attached hydrogens (tertiary/aromatic N) is 3. The molecule has 0 saturated heterocycles. The van der Waals surface area contributed by atoms with Gasteiger partial charge in [-0.2, -0.15) is 4.31 Å². The molecule has 0 aliphatic heterocycles. The molecule has 1 saturated carbocycles. The van der Waals surface area contributed by atoms with Crippen molar-refractivity contribution in [2.24, 2.45) is 12.8 Å². The van der Waals surface area contributed by atoms with Crippen LogP contribution in [0.2, 0.25) is 0 Å². The van der Waals surface area contributed by atoms with Gasteiger partial charge in [0, 0.05) is 32.4 Å². The fourth-order valence-electron chi connectivity index (χ4n) is 2.44. The van der Waals surface area contributed by atoms with Gasteiger partial charge >= 0.3 is 0 Å². The zero-order valence-corrected chi connectivity index (χ0v) is 11.6. The van der Waals surface area contributed by atoms with E-state index in [4.69, 9.17) is 5.73 Å². The molecule has 1 aromatic rings. The van der Waals surface area contributed by atoms with Gasteiger partial charge in [0.15, 0.2) is 5.03 Å². The lowest BCUT2D eigenvalue weighted by Crippen LogP contribution is -2.50. The maximum Gasteiger partial charge on any atom is 0.262 e. The molecule has 6 nitrogen and oxygen atoms in total. The van der Waals surface area contributed by atoms with E-state index in [0.29, 0.717) is 0 Å². The van der Waals surface area contributed by atoms with E-state index in [9.17, 15) is 8.42 Å². The maximum atomic E-state index is 12.4. The largest absolute Gasteiger partial charge is 0.339 e. The van der Waals surface area contributed by atoms with E-state index in [1.807, 2.05) is 0 Å². The number of rotatable bonds is 3. The molecule has 0 bridgehead atoms. The van der Waals surface area contributed by atoms with Gasteiger partial charge in [-0.3, -0.25) is 0 Å².